The van der Waals surface area contributed by atoms with E-state index in [1.54, 1.807) is 6.20 Å². The Morgan fingerprint density at radius 3 is 2.48 bits per heavy atom. The third-order valence-corrected chi connectivity index (χ3v) is 5.99. The molecule has 0 saturated carbocycles. The first-order valence-electron chi connectivity index (χ1n) is 10.4. The second-order valence-electron chi connectivity index (χ2n) is 8.74. The van der Waals surface area contributed by atoms with E-state index in [1.807, 2.05) is 12.3 Å². The van der Waals surface area contributed by atoms with Gasteiger partial charge in [-0.05, 0) is 41.5 Å². The number of nitrogen functional groups attached to an aromatic ring is 1. The molecular formula is C24H27N5. The first kappa shape index (κ1) is 18.1. The van der Waals surface area contributed by atoms with E-state index in [9.17, 15) is 0 Å². The molecule has 5 rings (SSSR count). The van der Waals surface area contributed by atoms with E-state index >= 15 is 0 Å². The van der Waals surface area contributed by atoms with Crippen LogP contribution in [0.4, 0.5) is 5.82 Å². The van der Waals surface area contributed by atoms with Crippen molar-refractivity contribution < 1.29 is 0 Å². The number of nitrogens with one attached hydrogen (secondary N) is 1. The smallest absolute Gasteiger partial charge is 0.138 e. The minimum absolute atomic E-state index is 0.523. The molecule has 3 aromatic heterocycles. The second kappa shape index (κ2) is 7.16. The average Bonchev–Trinajstić information content (AvgIpc) is 3.05. The van der Waals surface area contributed by atoms with Crippen molar-refractivity contribution in [2.45, 2.75) is 26.8 Å². The predicted molar refractivity (Wildman–Crippen MR) is 119 cm³/mol. The third-order valence-electron chi connectivity index (χ3n) is 5.99. The van der Waals surface area contributed by atoms with Gasteiger partial charge in [-0.1, -0.05) is 38.1 Å². The number of fused-ring (bicyclic) bond motifs is 3. The third kappa shape index (κ3) is 3.58. The number of nitrogens with zero attached hydrogens (tertiary/aromatic N) is 3. The number of pyridine rings is 2. The fourth-order valence-corrected chi connectivity index (χ4v) is 4.83. The molecule has 0 amide bonds. The summed E-state index contributed by atoms with van der Waals surface area (Å²) in [6.45, 7) is 8.16. The van der Waals surface area contributed by atoms with E-state index in [0.717, 1.165) is 45.9 Å². The van der Waals surface area contributed by atoms with Gasteiger partial charge in [0.05, 0.1) is 11.7 Å². The maximum atomic E-state index is 5.88. The van der Waals surface area contributed by atoms with Crippen molar-refractivity contribution in [2.75, 3.05) is 18.8 Å². The lowest BCUT2D eigenvalue weighted by Crippen LogP contribution is -2.38. The molecule has 0 aliphatic carbocycles. The number of rotatable bonds is 3. The molecular weight excluding hydrogens is 358 g/mol. The number of H-pyrrole nitrogens is 1. The number of hydrogen-bond acceptors (Lipinski definition) is 4. The molecule has 4 heterocycles. The van der Waals surface area contributed by atoms with Crippen LogP contribution in [0.15, 0.2) is 48.8 Å². The average molecular weight is 386 g/mol. The van der Waals surface area contributed by atoms with Crippen LogP contribution < -0.4 is 5.73 Å². The summed E-state index contributed by atoms with van der Waals surface area (Å²) in [5.74, 6) is 2.10. The number of piperidine rings is 1. The number of anilines is 1. The van der Waals surface area contributed by atoms with Crippen molar-refractivity contribution in [3.8, 4) is 11.1 Å². The summed E-state index contributed by atoms with van der Waals surface area (Å²) < 4.78 is 0. The Balaban J connectivity index is 1.41. The number of benzene rings is 1. The number of hydrogen-bond donors (Lipinski definition) is 2. The van der Waals surface area contributed by atoms with Crippen LogP contribution in [0.5, 0.6) is 0 Å². The molecule has 1 aliphatic rings. The number of aromatic amines is 1. The maximum Gasteiger partial charge on any atom is 0.138 e. The molecule has 1 aromatic carbocycles. The monoisotopic (exact) mass is 385 g/mol. The summed E-state index contributed by atoms with van der Waals surface area (Å²) in [6, 6.07) is 13.0. The minimum atomic E-state index is 0.523. The normalized spacial score (nSPS) is 20.5. The Hall–Kier alpha value is -2.92. The van der Waals surface area contributed by atoms with E-state index in [0.29, 0.717) is 5.82 Å². The Kier molecular flexibility index (Phi) is 4.47. The van der Waals surface area contributed by atoms with Crippen LogP contribution in [0.1, 0.15) is 25.8 Å². The van der Waals surface area contributed by atoms with Gasteiger partial charge in [0.1, 0.15) is 11.5 Å². The highest BCUT2D eigenvalue weighted by atomic mass is 15.1. The molecule has 5 nitrogen and oxygen atoms in total. The van der Waals surface area contributed by atoms with E-state index in [4.69, 9.17) is 5.73 Å². The van der Waals surface area contributed by atoms with Crippen LogP contribution in [0.3, 0.4) is 0 Å². The molecule has 148 valence electrons. The molecule has 1 aliphatic heterocycles. The predicted octanol–water partition coefficient (Wildman–Crippen LogP) is 4.84. The highest BCUT2D eigenvalue weighted by Crippen LogP contribution is 2.29. The van der Waals surface area contributed by atoms with Gasteiger partial charge in [0.15, 0.2) is 0 Å². The van der Waals surface area contributed by atoms with Gasteiger partial charge in [0.2, 0.25) is 0 Å². The van der Waals surface area contributed by atoms with Gasteiger partial charge in [0, 0.05) is 42.2 Å². The fourth-order valence-electron chi connectivity index (χ4n) is 4.83. The number of aromatic nitrogens is 3. The van der Waals surface area contributed by atoms with Gasteiger partial charge in [0.25, 0.3) is 0 Å². The second-order valence-corrected chi connectivity index (χ2v) is 8.74. The largest absolute Gasteiger partial charge is 0.384 e. The van der Waals surface area contributed by atoms with Crippen molar-refractivity contribution in [3.05, 3.63) is 54.4 Å². The molecule has 1 saturated heterocycles. The molecule has 0 unspecified atom stereocenters. The van der Waals surface area contributed by atoms with Crippen molar-refractivity contribution in [1.82, 2.24) is 19.9 Å². The molecule has 2 atom stereocenters. The molecule has 4 aromatic rings. The molecule has 0 bridgehead atoms. The topological polar surface area (TPSA) is 70.8 Å². The summed E-state index contributed by atoms with van der Waals surface area (Å²) in [6.07, 6.45) is 5.04. The summed E-state index contributed by atoms with van der Waals surface area (Å²) in [4.78, 5) is 14.7. The van der Waals surface area contributed by atoms with Crippen LogP contribution in [0.25, 0.3) is 33.1 Å². The van der Waals surface area contributed by atoms with Crippen LogP contribution in [-0.2, 0) is 6.54 Å². The van der Waals surface area contributed by atoms with Crippen LogP contribution in [0.2, 0.25) is 0 Å². The maximum absolute atomic E-state index is 5.88. The summed E-state index contributed by atoms with van der Waals surface area (Å²) >= 11 is 0. The minimum Gasteiger partial charge on any atom is -0.384 e. The summed E-state index contributed by atoms with van der Waals surface area (Å²) in [5.41, 5.74) is 11.4. The SMILES string of the molecule is C[C@H]1C[C@H](C)CN(Cc2ccc(-c3cnc4[nH]c5cnc(N)cc5c4c3)cc2)C1. The number of nitrogens with two attached hydrogens (primary N) is 1. The summed E-state index contributed by atoms with van der Waals surface area (Å²) in [5, 5.41) is 2.14. The zero-order chi connectivity index (χ0) is 20.0. The van der Waals surface area contributed by atoms with Gasteiger partial charge in [-0.25, -0.2) is 9.97 Å². The highest BCUT2D eigenvalue weighted by molar-refractivity contribution is 6.07. The standard InChI is InChI=1S/C24H27N5/c1-15-7-16(2)13-29(12-15)14-17-3-5-18(6-4-17)19-8-21-20-9-23(25)26-11-22(20)28-24(21)27-10-19/h3-6,8-11,15-16H,7,12-14H2,1-2H3,(H2,25,26)(H,27,28)/t15-,16-/m0/s1. The van der Waals surface area contributed by atoms with Crippen LogP contribution in [-0.4, -0.2) is 32.9 Å². The van der Waals surface area contributed by atoms with Gasteiger partial charge in [-0.15, -0.1) is 0 Å². The van der Waals surface area contributed by atoms with E-state index in [-0.39, 0.29) is 0 Å². The van der Waals surface area contributed by atoms with Crippen LogP contribution >= 0.6 is 0 Å². The first-order valence-corrected chi connectivity index (χ1v) is 10.4. The lowest BCUT2D eigenvalue weighted by Gasteiger charge is -2.35. The van der Waals surface area contributed by atoms with Crippen molar-refractivity contribution in [3.63, 3.8) is 0 Å². The Morgan fingerprint density at radius 2 is 1.72 bits per heavy atom. The lowest BCUT2D eigenvalue weighted by molar-refractivity contribution is 0.134. The highest BCUT2D eigenvalue weighted by Gasteiger charge is 2.21. The van der Waals surface area contributed by atoms with E-state index in [2.05, 4.69) is 64.0 Å². The van der Waals surface area contributed by atoms with Crippen LogP contribution in [0, 0.1) is 11.8 Å². The van der Waals surface area contributed by atoms with E-state index < -0.39 is 0 Å². The molecule has 1 fully saturated rings. The molecule has 0 spiro atoms. The van der Waals surface area contributed by atoms with E-state index in [1.165, 1.54) is 30.6 Å². The zero-order valence-electron chi connectivity index (χ0n) is 17.0. The van der Waals surface area contributed by atoms with Crippen molar-refractivity contribution in [1.29, 1.82) is 0 Å². The van der Waals surface area contributed by atoms with Gasteiger partial charge in [-0.2, -0.15) is 0 Å². The van der Waals surface area contributed by atoms with Crippen molar-refractivity contribution in [2.24, 2.45) is 11.8 Å². The zero-order valence-corrected chi connectivity index (χ0v) is 17.0. The molecule has 3 N–H and O–H groups in total. The van der Waals surface area contributed by atoms with Gasteiger partial charge < -0.3 is 10.7 Å². The molecule has 29 heavy (non-hydrogen) atoms. The Bertz CT molecular complexity index is 1150. The molecule has 0 radical (unpaired) electrons. The molecule has 5 heteroatoms. The Morgan fingerprint density at radius 1 is 0.966 bits per heavy atom. The van der Waals surface area contributed by atoms with Gasteiger partial charge >= 0.3 is 0 Å². The van der Waals surface area contributed by atoms with Gasteiger partial charge in [-0.3, -0.25) is 4.90 Å². The Labute approximate surface area is 171 Å². The number of likely N-dealkylation sites (tertiary alicyclic amines) is 1. The fraction of sp³-hybridized carbons (Fsp3) is 0.333. The first-order chi connectivity index (χ1) is 14.0. The quantitative estimate of drug-likeness (QED) is 0.529. The summed E-state index contributed by atoms with van der Waals surface area (Å²) in [7, 11) is 0. The lowest BCUT2D eigenvalue weighted by atomic mass is 9.91. The van der Waals surface area contributed by atoms with Crippen molar-refractivity contribution >= 4 is 27.8 Å².